The number of rotatable bonds is 5. The number of halogens is 1. The van der Waals surface area contributed by atoms with Crippen LogP contribution >= 0.6 is 0 Å². The highest BCUT2D eigenvalue weighted by Gasteiger charge is 2.45. The van der Waals surface area contributed by atoms with Crippen molar-refractivity contribution in [2.75, 3.05) is 20.3 Å². The highest BCUT2D eigenvalue weighted by atomic mass is 19.1. The molecule has 134 valence electrons. The fraction of sp³-hybridized carbons (Fsp3) is 0.200. The number of aliphatic hydroxyl groups is 1. The maximum atomic E-state index is 13.3. The first kappa shape index (κ1) is 17.8. The van der Waals surface area contributed by atoms with Gasteiger partial charge >= 0.3 is 0 Å². The first-order chi connectivity index (χ1) is 12.5. The minimum atomic E-state index is -0.800. The van der Waals surface area contributed by atoms with E-state index in [9.17, 15) is 19.1 Å². The first-order valence-corrected chi connectivity index (χ1v) is 8.13. The highest BCUT2D eigenvalue weighted by Crippen LogP contribution is 2.39. The summed E-state index contributed by atoms with van der Waals surface area (Å²) in [7, 11) is 1.49. The third kappa shape index (κ3) is 3.23. The van der Waals surface area contributed by atoms with Crippen molar-refractivity contribution in [1.29, 1.82) is 0 Å². The third-order valence-electron chi connectivity index (χ3n) is 4.31. The van der Waals surface area contributed by atoms with E-state index in [4.69, 9.17) is 4.74 Å². The van der Waals surface area contributed by atoms with E-state index in [1.165, 1.54) is 36.3 Å². The van der Waals surface area contributed by atoms with E-state index in [0.29, 0.717) is 11.1 Å². The minimum absolute atomic E-state index is 0.0103. The van der Waals surface area contributed by atoms with Crippen LogP contribution in [-0.2, 0) is 14.3 Å². The van der Waals surface area contributed by atoms with Gasteiger partial charge in [0.25, 0.3) is 11.7 Å². The van der Waals surface area contributed by atoms with Crippen LogP contribution in [0.4, 0.5) is 4.39 Å². The van der Waals surface area contributed by atoms with Gasteiger partial charge in [0.05, 0.1) is 18.2 Å². The lowest BCUT2D eigenvalue weighted by molar-refractivity contribution is -0.140. The molecule has 1 fully saturated rings. The summed E-state index contributed by atoms with van der Waals surface area (Å²) in [6.07, 6.45) is 0. The Bertz CT molecular complexity index is 846. The molecule has 3 rings (SSSR count). The monoisotopic (exact) mass is 355 g/mol. The maximum absolute atomic E-state index is 13.3. The molecule has 1 atom stereocenters. The van der Waals surface area contributed by atoms with Gasteiger partial charge < -0.3 is 14.7 Å². The molecule has 1 N–H and O–H groups in total. The number of methoxy groups -OCH3 is 1. The van der Waals surface area contributed by atoms with Crippen molar-refractivity contribution < 1.29 is 23.8 Å². The molecule has 1 aliphatic heterocycles. The van der Waals surface area contributed by atoms with Crippen molar-refractivity contribution in [2.24, 2.45) is 0 Å². The van der Waals surface area contributed by atoms with Crippen molar-refractivity contribution in [1.82, 2.24) is 4.90 Å². The van der Waals surface area contributed by atoms with E-state index in [-0.39, 0.29) is 24.5 Å². The minimum Gasteiger partial charge on any atom is -0.507 e. The summed E-state index contributed by atoms with van der Waals surface area (Å²) in [4.78, 5) is 26.5. The zero-order chi connectivity index (χ0) is 18.7. The molecule has 5 nitrogen and oxygen atoms in total. The van der Waals surface area contributed by atoms with Crippen molar-refractivity contribution in [3.63, 3.8) is 0 Å². The summed E-state index contributed by atoms with van der Waals surface area (Å²) in [5, 5.41) is 10.7. The number of likely N-dealkylation sites (tertiary alicyclic amines) is 1. The number of nitrogens with zero attached hydrogens (tertiary/aromatic N) is 1. The molecule has 1 saturated heterocycles. The SMILES string of the molecule is COCCN1C(=O)C(=O)/C(=C(/O)c2ccccc2)C1c1ccc(F)cc1. The number of aliphatic hydroxyl groups excluding tert-OH is 1. The number of amides is 1. The van der Waals surface area contributed by atoms with E-state index in [1.807, 2.05) is 0 Å². The van der Waals surface area contributed by atoms with Gasteiger partial charge in [-0.1, -0.05) is 42.5 Å². The van der Waals surface area contributed by atoms with Gasteiger partial charge in [0.15, 0.2) is 0 Å². The van der Waals surface area contributed by atoms with E-state index in [2.05, 4.69) is 0 Å². The largest absolute Gasteiger partial charge is 0.507 e. The molecule has 0 saturated carbocycles. The number of benzene rings is 2. The van der Waals surface area contributed by atoms with Crippen LogP contribution in [0.15, 0.2) is 60.2 Å². The summed E-state index contributed by atoms with van der Waals surface area (Å²) in [6, 6.07) is 13.3. The van der Waals surface area contributed by atoms with Gasteiger partial charge in [-0.05, 0) is 17.7 Å². The zero-order valence-corrected chi connectivity index (χ0v) is 14.2. The predicted molar refractivity (Wildman–Crippen MR) is 93.7 cm³/mol. The number of ether oxygens (including phenoxy) is 1. The Balaban J connectivity index is 2.15. The molecular weight excluding hydrogens is 337 g/mol. The molecule has 1 amide bonds. The van der Waals surface area contributed by atoms with E-state index in [1.54, 1.807) is 30.3 Å². The quantitative estimate of drug-likeness (QED) is 0.509. The average molecular weight is 355 g/mol. The fourth-order valence-electron chi connectivity index (χ4n) is 3.04. The molecule has 6 heteroatoms. The van der Waals surface area contributed by atoms with Gasteiger partial charge in [-0.2, -0.15) is 0 Å². The zero-order valence-electron chi connectivity index (χ0n) is 14.2. The molecule has 0 aliphatic carbocycles. The predicted octanol–water partition coefficient (Wildman–Crippen LogP) is 2.89. The van der Waals surface area contributed by atoms with E-state index in [0.717, 1.165) is 0 Å². The molecule has 2 aromatic carbocycles. The lowest BCUT2D eigenvalue weighted by atomic mass is 9.95. The van der Waals surface area contributed by atoms with Crippen LogP contribution in [0.3, 0.4) is 0 Å². The lowest BCUT2D eigenvalue weighted by Crippen LogP contribution is -2.32. The first-order valence-electron chi connectivity index (χ1n) is 8.13. The molecule has 0 bridgehead atoms. The van der Waals surface area contributed by atoms with Gasteiger partial charge in [0.2, 0.25) is 0 Å². The second-order valence-corrected chi connectivity index (χ2v) is 5.90. The third-order valence-corrected chi connectivity index (χ3v) is 4.31. The Labute approximate surface area is 150 Å². The van der Waals surface area contributed by atoms with Crippen LogP contribution in [0.2, 0.25) is 0 Å². The number of Topliss-reactive ketones (excluding diaryl/α,β-unsaturated/α-hetero) is 1. The highest BCUT2D eigenvalue weighted by molar-refractivity contribution is 6.46. The van der Waals surface area contributed by atoms with E-state index < -0.39 is 23.5 Å². The molecule has 0 spiro atoms. The molecule has 1 aliphatic rings. The van der Waals surface area contributed by atoms with Gasteiger partial charge in [0.1, 0.15) is 11.6 Å². The smallest absolute Gasteiger partial charge is 0.295 e. The normalized spacial score (nSPS) is 19.2. The van der Waals surface area contributed by atoms with Gasteiger partial charge in [0, 0.05) is 19.2 Å². The van der Waals surface area contributed by atoms with Crippen LogP contribution < -0.4 is 0 Å². The number of ketones is 1. The fourth-order valence-corrected chi connectivity index (χ4v) is 3.04. The Kier molecular flexibility index (Phi) is 5.14. The van der Waals surface area contributed by atoms with Crippen LogP contribution in [0.5, 0.6) is 0 Å². The Morgan fingerprint density at radius 2 is 1.77 bits per heavy atom. The van der Waals surface area contributed by atoms with Gasteiger partial charge in [-0.15, -0.1) is 0 Å². The molecule has 26 heavy (non-hydrogen) atoms. The standard InChI is InChI=1S/C20H18FNO4/c1-26-12-11-22-17(13-7-9-15(21)10-8-13)16(19(24)20(22)25)18(23)14-5-3-2-4-6-14/h2-10,17,23H,11-12H2,1H3/b18-16+. The maximum Gasteiger partial charge on any atom is 0.295 e. The molecule has 1 heterocycles. The summed E-state index contributed by atoms with van der Waals surface area (Å²) in [5.41, 5.74) is 0.965. The van der Waals surface area contributed by atoms with Crippen molar-refractivity contribution >= 4 is 17.4 Å². The molecule has 1 unspecified atom stereocenters. The number of carbonyl (C=O) groups excluding carboxylic acids is 2. The molecular formula is C20H18FNO4. The summed E-state index contributed by atoms with van der Waals surface area (Å²) < 4.78 is 18.3. The van der Waals surface area contributed by atoms with Crippen LogP contribution in [-0.4, -0.2) is 42.0 Å². The Hall–Kier alpha value is -2.99. The van der Waals surface area contributed by atoms with Gasteiger partial charge in [-0.3, -0.25) is 9.59 Å². The second kappa shape index (κ2) is 7.49. The summed E-state index contributed by atoms with van der Waals surface area (Å²) in [5.74, 6) is -2.16. The van der Waals surface area contributed by atoms with Crippen LogP contribution in [0.25, 0.3) is 5.76 Å². The number of hydrogen-bond donors (Lipinski definition) is 1. The van der Waals surface area contributed by atoms with Crippen LogP contribution in [0.1, 0.15) is 17.2 Å². The molecule has 0 aromatic heterocycles. The summed E-state index contributed by atoms with van der Waals surface area (Å²) >= 11 is 0. The van der Waals surface area contributed by atoms with E-state index >= 15 is 0 Å². The van der Waals surface area contributed by atoms with Crippen LogP contribution in [0, 0.1) is 5.82 Å². The van der Waals surface area contributed by atoms with Crippen molar-refractivity contribution in [3.05, 3.63) is 77.1 Å². The van der Waals surface area contributed by atoms with Gasteiger partial charge in [-0.25, -0.2) is 4.39 Å². The number of hydrogen-bond acceptors (Lipinski definition) is 4. The van der Waals surface area contributed by atoms with Crippen molar-refractivity contribution in [3.8, 4) is 0 Å². The molecule has 2 aromatic rings. The lowest BCUT2D eigenvalue weighted by Gasteiger charge is -2.25. The second-order valence-electron chi connectivity index (χ2n) is 5.90. The average Bonchev–Trinajstić information content (AvgIpc) is 2.91. The summed E-state index contributed by atoms with van der Waals surface area (Å²) in [6.45, 7) is 0.408. The molecule has 0 radical (unpaired) electrons. The Morgan fingerprint density at radius 3 is 2.38 bits per heavy atom. The number of carbonyl (C=O) groups is 2. The Morgan fingerprint density at radius 1 is 1.12 bits per heavy atom. The topological polar surface area (TPSA) is 66.8 Å². The van der Waals surface area contributed by atoms with Crippen molar-refractivity contribution in [2.45, 2.75) is 6.04 Å².